The molecule has 1 atom stereocenters. The van der Waals surface area contributed by atoms with E-state index < -0.39 is 0 Å². The average Bonchev–Trinajstić information content (AvgIpc) is 3.17. The summed E-state index contributed by atoms with van der Waals surface area (Å²) in [7, 11) is 0. The first-order valence-corrected chi connectivity index (χ1v) is 10.1. The molecule has 0 radical (unpaired) electrons. The number of ether oxygens (including phenoxy) is 1. The maximum atomic E-state index is 12.3. The Labute approximate surface area is 161 Å². The Kier molecular flexibility index (Phi) is 7.10. The molecule has 27 heavy (non-hydrogen) atoms. The Morgan fingerprint density at radius 2 is 1.85 bits per heavy atom. The highest BCUT2D eigenvalue weighted by atomic mass is 16.6. The maximum Gasteiger partial charge on any atom is 0.409 e. The lowest BCUT2D eigenvalue weighted by atomic mass is 9.97. The molecule has 3 rings (SSSR count). The second kappa shape index (κ2) is 9.74. The van der Waals surface area contributed by atoms with Crippen LogP contribution in [-0.4, -0.2) is 55.7 Å². The molecule has 6 nitrogen and oxygen atoms in total. The van der Waals surface area contributed by atoms with E-state index in [2.05, 4.69) is 34.9 Å². The molecule has 0 spiro atoms. The smallest absolute Gasteiger partial charge is 0.409 e. The fraction of sp³-hybridized carbons (Fsp3) is 0.619. The van der Waals surface area contributed by atoms with Crippen LogP contribution in [0.2, 0.25) is 0 Å². The molecule has 2 aliphatic heterocycles. The lowest BCUT2D eigenvalue weighted by Crippen LogP contribution is -2.47. The number of piperidine rings is 1. The first-order chi connectivity index (χ1) is 13.1. The van der Waals surface area contributed by atoms with Crippen molar-refractivity contribution in [2.24, 2.45) is 5.92 Å². The first-order valence-electron chi connectivity index (χ1n) is 10.1. The Bertz CT molecular complexity index is 618. The standard InChI is InChI=1S/C21H31N3O3/c1-2-27-21(26)24-11-8-19(9-12-24)23-20(25)14-17-5-3-16(4-6-17)13-18-7-10-22-15-18/h3-6,18-19,22H,2,7-15H2,1H3,(H,23,25). The third-order valence-electron chi connectivity index (χ3n) is 5.46. The summed E-state index contributed by atoms with van der Waals surface area (Å²) < 4.78 is 5.02. The normalized spacial score (nSPS) is 20.5. The van der Waals surface area contributed by atoms with Crippen LogP contribution < -0.4 is 10.6 Å². The zero-order chi connectivity index (χ0) is 19.1. The number of nitrogens with zero attached hydrogens (tertiary/aromatic N) is 1. The van der Waals surface area contributed by atoms with E-state index in [1.54, 1.807) is 4.90 Å². The molecule has 2 aliphatic rings. The fourth-order valence-electron chi connectivity index (χ4n) is 3.90. The number of carbonyl (C=O) groups is 2. The first kappa shape index (κ1) is 19.7. The highest BCUT2D eigenvalue weighted by molar-refractivity contribution is 5.79. The van der Waals surface area contributed by atoms with Crippen molar-refractivity contribution in [1.29, 1.82) is 0 Å². The van der Waals surface area contributed by atoms with Gasteiger partial charge in [0.1, 0.15) is 0 Å². The van der Waals surface area contributed by atoms with Crippen LogP contribution in [0.15, 0.2) is 24.3 Å². The minimum Gasteiger partial charge on any atom is -0.450 e. The monoisotopic (exact) mass is 373 g/mol. The summed E-state index contributed by atoms with van der Waals surface area (Å²) in [6, 6.07) is 8.58. The van der Waals surface area contributed by atoms with Crippen molar-refractivity contribution < 1.29 is 14.3 Å². The summed E-state index contributed by atoms with van der Waals surface area (Å²) in [5.74, 6) is 0.789. The molecular formula is C21H31N3O3. The molecule has 2 fully saturated rings. The van der Waals surface area contributed by atoms with Gasteiger partial charge in [-0.25, -0.2) is 4.79 Å². The van der Waals surface area contributed by atoms with E-state index >= 15 is 0 Å². The molecule has 0 aromatic heterocycles. The quantitative estimate of drug-likeness (QED) is 0.801. The molecule has 0 saturated carbocycles. The lowest BCUT2D eigenvalue weighted by molar-refractivity contribution is -0.121. The van der Waals surface area contributed by atoms with Crippen molar-refractivity contribution in [3.8, 4) is 0 Å². The van der Waals surface area contributed by atoms with Crippen molar-refractivity contribution >= 4 is 12.0 Å². The van der Waals surface area contributed by atoms with Crippen LogP contribution in [-0.2, 0) is 22.4 Å². The summed E-state index contributed by atoms with van der Waals surface area (Å²) in [4.78, 5) is 25.8. The van der Waals surface area contributed by atoms with Crippen molar-refractivity contribution in [3.63, 3.8) is 0 Å². The SMILES string of the molecule is CCOC(=O)N1CCC(NC(=O)Cc2ccc(CC3CCNC3)cc2)CC1. The van der Waals surface area contributed by atoms with Crippen LogP contribution in [0.4, 0.5) is 4.79 Å². The second-order valence-corrected chi connectivity index (χ2v) is 7.58. The number of hydrogen-bond acceptors (Lipinski definition) is 4. The molecule has 1 unspecified atom stereocenters. The number of nitrogens with one attached hydrogen (secondary N) is 2. The molecule has 2 saturated heterocycles. The Balaban J connectivity index is 1.39. The van der Waals surface area contributed by atoms with Crippen LogP contribution in [0.1, 0.15) is 37.3 Å². The molecular weight excluding hydrogens is 342 g/mol. The topological polar surface area (TPSA) is 70.7 Å². The van der Waals surface area contributed by atoms with Crippen molar-refractivity contribution in [2.45, 2.75) is 45.1 Å². The van der Waals surface area contributed by atoms with E-state index in [0.717, 1.165) is 43.8 Å². The van der Waals surface area contributed by atoms with Crippen molar-refractivity contribution in [1.82, 2.24) is 15.5 Å². The van der Waals surface area contributed by atoms with Crippen LogP contribution in [0.25, 0.3) is 0 Å². The molecule has 0 aliphatic carbocycles. The van der Waals surface area contributed by atoms with Crippen LogP contribution >= 0.6 is 0 Å². The Morgan fingerprint density at radius 1 is 1.15 bits per heavy atom. The minimum atomic E-state index is -0.254. The Morgan fingerprint density at radius 3 is 2.48 bits per heavy atom. The summed E-state index contributed by atoms with van der Waals surface area (Å²) >= 11 is 0. The molecule has 6 heteroatoms. The van der Waals surface area contributed by atoms with Gasteiger partial charge in [-0.2, -0.15) is 0 Å². The summed E-state index contributed by atoms with van der Waals surface area (Å²) in [6.07, 6.45) is 4.06. The maximum absolute atomic E-state index is 12.3. The number of benzene rings is 1. The number of likely N-dealkylation sites (tertiary alicyclic amines) is 1. The van der Waals surface area contributed by atoms with E-state index in [1.807, 2.05) is 6.92 Å². The van der Waals surface area contributed by atoms with Gasteiger partial charge in [0.25, 0.3) is 0 Å². The van der Waals surface area contributed by atoms with E-state index in [1.165, 1.54) is 12.0 Å². The summed E-state index contributed by atoms with van der Waals surface area (Å²) in [5.41, 5.74) is 2.39. The van der Waals surface area contributed by atoms with Gasteiger partial charge in [0.05, 0.1) is 13.0 Å². The summed E-state index contributed by atoms with van der Waals surface area (Å²) in [5, 5.41) is 6.51. The third-order valence-corrected chi connectivity index (χ3v) is 5.46. The van der Waals surface area contributed by atoms with E-state index in [9.17, 15) is 9.59 Å². The lowest BCUT2D eigenvalue weighted by Gasteiger charge is -2.31. The molecule has 1 aromatic rings. The van der Waals surface area contributed by atoms with E-state index in [4.69, 9.17) is 4.74 Å². The van der Waals surface area contributed by atoms with E-state index in [0.29, 0.717) is 26.1 Å². The number of hydrogen-bond donors (Lipinski definition) is 2. The van der Waals surface area contributed by atoms with Gasteiger partial charge in [0.15, 0.2) is 0 Å². The van der Waals surface area contributed by atoms with Gasteiger partial charge < -0.3 is 20.3 Å². The predicted molar refractivity (Wildman–Crippen MR) is 105 cm³/mol. The fourth-order valence-corrected chi connectivity index (χ4v) is 3.90. The third kappa shape index (κ3) is 5.96. The molecule has 2 amide bonds. The largest absolute Gasteiger partial charge is 0.450 e. The zero-order valence-corrected chi connectivity index (χ0v) is 16.2. The predicted octanol–water partition coefficient (Wildman–Crippen LogP) is 2.12. The second-order valence-electron chi connectivity index (χ2n) is 7.58. The molecule has 0 bridgehead atoms. The molecule has 1 aromatic carbocycles. The van der Waals surface area contributed by atoms with Crippen LogP contribution in [0.5, 0.6) is 0 Å². The molecule has 2 heterocycles. The number of amides is 2. The highest BCUT2D eigenvalue weighted by Gasteiger charge is 2.24. The van der Waals surface area contributed by atoms with E-state index in [-0.39, 0.29) is 18.0 Å². The highest BCUT2D eigenvalue weighted by Crippen LogP contribution is 2.16. The van der Waals surface area contributed by atoms with Gasteiger partial charge in [0.2, 0.25) is 5.91 Å². The van der Waals surface area contributed by atoms with Crippen molar-refractivity contribution in [3.05, 3.63) is 35.4 Å². The molecule has 148 valence electrons. The number of rotatable bonds is 6. The van der Waals surface area contributed by atoms with Gasteiger partial charge in [-0.05, 0) is 62.7 Å². The zero-order valence-electron chi connectivity index (χ0n) is 16.2. The van der Waals surface area contributed by atoms with Crippen molar-refractivity contribution in [2.75, 3.05) is 32.8 Å². The molecule has 2 N–H and O–H groups in total. The average molecular weight is 373 g/mol. The Hall–Kier alpha value is -2.08. The number of carbonyl (C=O) groups excluding carboxylic acids is 2. The van der Waals surface area contributed by atoms with Gasteiger partial charge in [-0.15, -0.1) is 0 Å². The minimum absolute atomic E-state index is 0.0531. The van der Waals surface area contributed by atoms with Gasteiger partial charge in [-0.1, -0.05) is 24.3 Å². The van der Waals surface area contributed by atoms with Gasteiger partial charge in [0, 0.05) is 19.1 Å². The van der Waals surface area contributed by atoms with Crippen LogP contribution in [0, 0.1) is 5.92 Å². The summed E-state index contributed by atoms with van der Waals surface area (Å²) in [6.45, 7) is 5.71. The van der Waals surface area contributed by atoms with Gasteiger partial charge >= 0.3 is 6.09 Å². The van der Waals surface area contributed by atoms with Crippen LogP contribution in [0.3, 0.4) is 0 Å². The van der Waals surface area contributed by atoms with Gasteiger partial charge in [-0.3, -0.25) is 4.79 Å².